The Labute approximate surface area is 86.8 Å². The van der Waals surface area contributed by atoms with Crippen molar-refractivity contribution in [3.8, 4) is 0 Å². The van der Waals surface area contributed by atoms with Gasteiger partial charge >= 0.3 is 12.1 Å². The number of alkyl halides is 3. The fourth-order valence-electron chi connectivity index (χ4n) is 1.13. The van der Waals surface area contributed by atoms with E-state index in [1.807, 2.05) is 0 Å². The van der Waals surface area contributed by atoms with Crippen LogP contribution in [0.1, 0.15) is 38.5 Å². The minimum absolute atomic E-state index is 0.159. The summed E-state index contributed by atoms with van der Waals surface area (Å²) in [5.41, 5.74) is 0. The summed E-state index contributed by atoms with van der Waals surface area (Å²) in [6.07, 6.45) is 0.551. The Bertz CT molecular complexity index is 209. The number of aliphatic carboxylic acids is 1. The highest BCUT2D eigenvalue weighted by Gasteiger charge is 2.25. The molecule has 15 heavy (non-hydrogen) atoms. The summed E-state index contributed by atoms with van der Waals surface area (Å²) in [5, 5.41) is 8.23. The highest BCUT2D eigenvalue weighted by Crippen LogP contribution is 2.22. The molecule has 0 amide bonds. The van der Waals surface area contributed by atoms with Crippen molar-refractivity contribution in [1.82, 2.24) is 0 Å². The highest BCUT2D eigenvalue weighted by atomic mass is 19.4. The zero-order chi connectivity index (χ0) is 11.7. The fourth-order valence-corrected chi connectivity index (χ4v) is 1.13. The van der Waals surface area contributed by atoms with Crippen molar-refractivity contribution < 1.29 is 23.1 Å². The first-order valence-electron chi connectivity index (χ1n) is 4.88. The van der Waals surface area contributed by atoms with Gasteiger partial charge in [0.1, 0.15) is 0 Å². The van der Waals surface area contributed by atoms with Crippen molar-refractivity contribution in [3.05, 3.63) is 12.2 Å². The summed E-state index contributed by atoms with van der Waals surface area (Å²) in [5.74, 6) is -0.993. The summed E-state index contributed by atoms with van der Waals surface area (Å²) >= 11 is 0. The SMILES string of the molecule is O=C(O)/C=C/CCCCCCC(F)(F)F. The topological polar surface area (TPSA) is 37.3 Å². The van der Waals surface area contributed by atoms with E-state index in [2.05, 4.69) is 0 Å². The molecular weight excluding hydrogens is 209 g/mol. The molecule has 0 atom stereocenters. The second kappa shape index (κ2) is 7.31. The zero-order valence-corrected chi connectivity index (χ0v) is 8.39. The van der Waals surface area contributed by atoms with E-state index in [1.165, 1.54) is 6.08 Å². The molecule has 0 rings (SSSR count). The summed E-state index contributed by atoms with van der Waals surface area (Å²) < 4.78 is 35.1. The molecule has 0 bridgehead atoms. The molecule has 0 aromatic heterocycles. The van der Waals surface area contributed by atoms with Crippen LogP contribution in [0, 0.1) is 0 Å². The molecular formula is C10H15F3O2. The number of carboxylic acid groups (broad SMARTS) is 1. The average molecular weight is 224 g/mol. The maximum absolute atomic E-state index is 11.7. The van der Waals surface area contributed by atoms with E-state index in [0.29, 0.717) is 19.3 Å². The van der Waals surface area contributed by atoms with Crippen LogP contribution in [0.2, 0.25) is 0 Å². The molecule has 0 aliphatic rings. The molecule has 0 spiro atoms. The molecule has 0 aliphatic carbocycles. The molecule has 0 unspecified atom stereocenters. The van der Waals surface area contributed by atoms with Crippen molar-refractivity contribution in [3.63, 3.8) is 0 Å². The van der Waals surface area contributed by atoms with Crippen LogP contribution in [0.25, 0.3) is 0 Å². The first-order valence-corrected chi connectivity index (χ1v) is 4.88. The minimum Gasteiger partial charge on any atom is -0.478 e. The summed E-state index contributed by atoms with van der Waals surface area (Å²) in [4.78, 5) is 10.0. The lowest BCUT2D eigenvalue weighted by Gasteiger charge is -2.04. The number of unbranched alkanes of at least 4 members (excludes halogenated alkanes) is 4. The number of carboxylic acids is 1. The molecule has 88 valence electrons. The largest absolute Gasteiger partial charge is 0.478 e. The number of rotatable bonds is 7. The van der Waals surface area contributed by atoms with Gasteiger partial charge in [-0.05, 0) is 19.3 Å². The van der Waals surface area contributed by atoms with Crippen LogP contribution in [-0.2, 0) is 4.79 Å². The van der Waals surface area contributed by atoms with Gasteiger partial charge in [-0.2, -0.15) is 13.2 Å². The van der Waals surface area contributed by atoms with E-state index >= 15 is 0 Å². The summed E-state index contributed by atoms with van der Waals surface area (Å²) in [7, 11) is 0. The van der Waals surface area contributed by atoms with Gasteiger partial charge in [0.25, 0.3) is 0 Å². The molecule has 0 radical (unpaired) electrons. The molecule has 0 aromatic carbocycles. The van der Waals surface area contributed by atoms with Crippen LogP contribution >= 0.6 is 0 Å². The Morgan fingerprint density at radius 2 is 1.73 bits per heavy atom. The molecule has 0 saturated carbocycles. The number of halogens is 3. The van der Waals surface area contributed by atoms with Crippen LogP contribution in [0.3, 0.4) is 0 Å². The van der Waals surface area contributed by atoms with E-state index in [-0.39, 0.29) is 6.42 Å². The normalized spacial score (nSPS) is 12.2. The molecule has 0 saturated heterocycles. The Morgan fingerprint density at radius 1 is 1.13 bits per heavy atom. The van der Waals surface area contributed by atoms with E-state index in [0.717, 1.165) is 12.5 Å². The number of carbonyl (C=O) groups is 1. The van der Waals surface area contributed by atoms with Crippen LogP contribution in [0.4, 0.5) is 13.2 Å². The Kier molecular flexibility index (Phi) is 6.83. The average Bonchev–Trinajstić information content (AvgIpc) is 2.07. The van der Waals surface area contributed by atoms with E-state index in [1.54, 1.807) is 0 Å². The van der Waals surface area contributed by atoms with E-state index < -0.39 is 18.6 Å². The third-order valence-corrected chi connectivity index (χ3v) is 1.84. The monoisotopic (exact) mass is 224 g/mol. The first-order chi connectivity index (χ1) is 6.92. The van der Waals surface area contributed by atoms with Gasteiger partial charge in [-0.15, -0.1) is 0 Å². The maximum atomic E-state index is 11.7. The van der Waals surface area contributed by atoms with Crippen LogP contribution in [0.5, 0.6) is 0 Å². The third-order valence-electron chi connectivity index (χ3n) is 1.84. The maximum Gasteiger partial charge on any atom is 0.389 e. The molecule has 0 fully saturated rings. The van der Waals surface area contributed by atoms with Crippen LogP contribution in [0.15, 0.2) is 12.2 Å². The van der Waals surface area contributed by atoms with Crippen molar-refractivity contribution in [2.75, 3.05) is 0 Å². The lowest BCUT2D eigenvalue weighted by molar-refractivity contribution is -0.135. The number of allylic oxidation sites excluding steroid dienone is 1. The van der Waals surface area contributed by atoms with Gasteiger partial charge in [-0.25, -0.2) is 4.79 Å². The van der Waals surface area contributed by atoms with Crippen molar-refractivity contribution in [1.29, 1.82) is 0 Å². The first kappa shape index (κ1) is 14.0. The molecule has 0 heterocycles. The predicted molar refractivity (Wildman–Crippen MR) is 50.5 cm³/mol. The smallest absolute Gasteiger partial charge is 0.389 e. The second-order valence-electron chi connectivity index (χ2n) is 3.31. The van der Waals surface area contributed by atoms with Gasteiger partial charge in [-0.3, -0.25) is 0 Å². The minimum atomic E-state index is -4.05. The second-order valence-corrected chi connectivity index (χ2v) is 3.31. The van der Waals surface area contributed by atoms with Crippen LogP contribution in [-0.4, -0.2) is 17.3 Å². The summed E-state index contributed by atoms with van der Waals surface area (Å²) in [6.45, 7) is 0. The van der Waals surface area contributed by atoms with Crippen LogP contribution < -0.4 is 0 Å². The summed E-state index contributed by atoms with van der Waals surface area (Å²) in [6, 6.07) is 0. The van der Waals surface area contributed by atoms with Gasteiger partial charge in [0.15, 0.2) is 0 Å². The number of hydrogen-bond acceptors (Lipinski definition) is 1. The molecule has 1 N–H and O–H groups in total. The van der Waals surface area contributed by atoms with Gasteiger partial charge in [0.2, 0.25) is 0 Å². The fraction of sp³-hybridized carbons (Fsp3) is 0.700. The Balaban J connectivity index is 3.22. The van der Waals surface area contributed by atoms with E-state index in [9.17, 15) is 18.0 Å². The van der Waals surface area contributed by atoms with E-state index in [4.69, 9.17) is 5.11 Å². The lowest BCUT2D eigenvalue weighted by atomic mass is 10.1. The van der Waals surface area contributed by atoms with Crippen molar-refractivity contribution >= 4 is 5.97 Å². The third kappa shape index (κ3) is 13.0. The Morgan fingerprint density at radius 3 is 2.27 bits per heavy atom. The van der Waals surface area contributed by atoms with Gasteiger partial charge in [0.05, 0.1) is 0 Å². The molecule has 5 heteroatoms. The molecule has 0 aliphatic heterocycles. The predicted octanol–water partition coefficient (Wildman–Crippen LogP) is 3.53. The van der Waals surface area contributed by atoms with Gasteiger partial charge in [-0.1, -0.05) is 18.9 Å². The highest BCUT2D eigenvalue weighted by molar-refractivity contribution is 5.79. The standard InChI is InChI=1S/C10H15F3O2/c11-10(12,13)8-6-4-2-1-3-5-7-9(14)15/h5,7H,1-4,6,8H2,(H,14,15)/b7-5+. The van der Waals surface area contributed by atoms with Gasteiger partial charge in [0, 0.05) is 12.5 Å². The lowest BCUT2D eigenvalue weighted by Crippen LogP contribution is -2.06. The quantitative estimate of drug-likeness (QED) is 0.530. The van der Waals surface area contributed by atoms with Crippen molar-refractivity contribution in [2.24, 2.45) is 0 Å². The number of hydrogen-bond donors (Lipinski definition) is 1. The van der Waals surface area contributed by atoms with Crippen molar-refractivity contribution in [2.45, 2.75) is 44.7 Å². The molecule has 0 aromatic rings. The van der Waals surface area contributed by atoms with Gasteiger partial charge < -0.3 is 5.11 Å². The Hall–Kier alpha value is -1.00. The zero-order valence-electron chi connectivity index (χ0n) is 8.39. The molecule has 2 nitrogen and oxygen atoms in total.